The van der Waals surface area contributed by atoms with E-state index in [4.69, 9.17) is 15.2 Å². The number of carbonyl (C=O) groups is 1. The highest BCUT2D eigenvalue weighted by atomic mass is 79.9. The number of hydrogen-bond acceptors (Lipinski definition) is 5. The van der Waals surface area contributed by atoms with Gasteiger partial charge < -0.3 is 15.2 Å². The lowest BCUT2D eigenvalue weighted by Gasteiger charge is -2.34. The summed E-state index contributed by atoms with van der Waals surface area (Å²) in [5, 5.41) is 5.71. The standard InChI is InChI=1S/C16H20BrN3O3/c1-22-14-8-13-10(7-12(14)17)9-20(19-13)11-3-5-16(18,6-4-11)15(21)23-2/h7-9,11H,3-6,18H2,1-2H3. The largest absolute Gasteiger partial charge is 0.495 e. The number of halogens is 1. The maximum absolute atomic E-state index is 11.8. The number of nitrogens with zero attached hydrogens (tertiary/aromatic N) is 2. The Balaban J connectivity index is 1.81. The van der Waals surface area contributed by atoms with Crippen LogP contribution in [0.2, 0.25) is 0 Å². The molecule has 0 unspecified atom stereocenters. The summed E-state index contributed by atoms with van der Waals surface area (Å²) in [6.45, 7) is 0. The maximum Gasteiger partial charge on any atom is 0.325 e. The number of methoxy groups -OCH3 is 2. The molecule has 0 amide bonds. The molecule has 1 heterocycles. The highest BCUT2D eigenvalue weighted by molar-refractivity contribution is 9.10. The van der Waals surface area contributed by atoms with Crippen molar-refractivity contribution in [3.05, 3.63) is 22.8 Å². The minimum absolute atomic E-state index is 0.244. The molecule has 0 atom stereocenters. The van der Waals surface area contributed by atoms with Crippen LogP contribution < -0.4 is 10.5 Å². The predicted molar refractivity (Wildman–Crippen MR) is 90.4 cm³/mol. The second-order valence-corrected chi connectivity index (χ2v) is 6.89. The molecule has 0 spiro atoms. The fourth-order valence-corrected chi connectivity index (χ4v) is 3.70. The molecule has 3 rings (SSSR count). The molecule has 2 aromatic rings. The van der Waals surface area contributed by atoms with Crippen LogP contribution in [0.5, 0.6) is 5.75 Å². The van der Waals surface area contributed by atoms with E-state index in [1.54, 1.807) is 7.11 Å². The number of aromatic nitrogens is 2. The summed E-state index contributed by atoms with van der Waals surface area (Å²) >= 11 is 3.49. The quantitative estimate of drug-likeness (QED) is 0.826. The number of ether oxygens (including phenoxy) is 2. The van der Waals surface area contributed by atoms with Crippen LogP contribution in [0.3, 0.4) is 0 Å². The first kappa shape index (κ1) is 16.3. The van der Waals surface area contributed by atoms with Crippen LogP contribution in [0, 0.1) is 0 Å². The van der Waals surface area contributed by atoms with E-state index in [0.29, 0.717) is 12.8 Å². The van der Waals surface area contributed by atoms with Crippen molar-refractivity contribution >= 4 is 32.8 Å². The lowest BCUT2D eigenvalue weighted by Crippen LogP contribution is -2.51. The van der Waals surface area contributed by atoms with Crippen molar-refractivity contribution in [1.82, 2.24) is 9.78 Å². The van der Waals surface area contributed by atoms with Gasteiger partial charge >= 0.3 is 5.97 Å². The van der Waals surface area contributed by atoms with Crippen molar-refractivity contribution in [1.29, 1.82) is 0 Å². The first-order valence-corrected chi connectivity index (χ1v) is 8.36. The minimum Gasteiger partial charge on any atom is -0.495 e. The second-order valence-electron chi connectivity index (χ2n) is 6.03. The molecule has 0 aliphatic heterocycles. The number of rotatable bonds is 3. The Morgan fingerprint density at radius 3 is 2.70 bits per heavy atom. The molecule has 0 saturated heterocycles. The van der Waals surface area contributed by atoms with E-state index in [2.05, 4.69) is 21.0 Å². The van der Waals surface area contributed by atoms with E-state index in [0.717, 1.165) is 34.0 Å². The monoisotopic (exact) mass is 381 g/mol. The zero-order valence-electron chi connectivity index (χ0n) is 13.2. The molecule has 6 nitrogen and oxygen atoms in total. The van der Waals surface area contributed by atoms with E-state index < -0.39 is 5.54 Å². The Hall–Kier alpha value is -1.60. The van der Waals surface area contributed by atoms with Gasteiger partial charge in [-0.3, -0.25) is 9.48 Å². The van der Waals surface area contributed by atoms with Crippen LogP contribution in [0.1, 0.15) is 31.7 Å². The zero-order chi connectivity index (χ0) is 16.6. The van der Waals surface area contributed by atoms with Gasteiger partial charge in [-0.1, -0.05) is 0 Å². The molecular weight excluding hydrogens is 362 g/mol. The second kappa shape index (κ2) is 6.13. The van der Waals surface area contributed by atoms with Crippen LogP contribution >= 0.6 is 15.9 Å². The minimum atomic E-state index is -0.857. The van der Waals surface area contributed by atoms with Gasteiger partial charge in [-0.15, -0.1) is 0 Å². The Bertz CT molecular complexity index is 735. The molecule has 1 saturated carbocycles. The average Bonchev–Trinajstić information content (AvgIpc) is 2.96. The van der Waals surface area contributed by atoms with Crippen LogP contribution in [-0.2, 0) is 9.53 Å². The van der Waals surface area contributed by atoms with Gasteiger partial charge in [0.1, 0.15) is 11.3 Å². The third-order valence-corrected chi connectivity index (χ3v) is 5.23. The molecule has 23 heavy (non-hydrogen) atoms. The number of hydrogen-bond donors (Lipinski definition) is 1. The summed E-state index contributed by atoms with van der Waals surface area (Å²) < 4.78 is 13.0. The Morgan fingerprint density at radius 1 is 1.39 bits per heavy atom. The van der Waals surface area contributed by atoms with Crippen LogP contribution in [-0.4, -0.2) is 35.5 Å². The van der Waals surface area contributed by atoms with Gasteiger partial charge in [0.2, 0.25) is 0 Å². The maximum atomic E-state index is 11.8. The molecule has 1 aliphatic carbocycles. The van der Waals surface area contributed by atoms with Gasteiger partial charge in [0.25, 0.3) is 0 Å². The molecule has 124 valence electrons. The number of benzene rings is 1. The van der Waals surface area contributed by atoms with Crippen LogP contribution in [0.15, 0.2) is 22.8 Å². The lowest BCUT2D eigenvalue weighted by molar-refractivity contribution is -0.148. The van der Waals surface area contributed by atoms with Gasteiger partial charge in [-0.05, 0) is 47.7 Å². The molecular formula is C16H20BrN3O3. The Kier molecular flexibility index (Phi) is 4.33. The van der Waals surface area contributed by atoms with Gasteiger partial charge in [-0.25, -0.2) is 0 Å². The number of nitrogens with two attached hydrogens (primary N) is 1. The number of esters is 1. The molecule has 1 aliphatic rings. The van der Waals surface area contributed by atoms with E-state index in [1.165, 1.54) is 7.11 Å². The van der Waals surface area contributed by atoms with E-state index in [-0.39, 0.29) is 12.0 Å². The Morgan fingerprint density at radius 2 is 2.09 bits per heavy atom. The predicted octanol–water partition coefficient (Wildman–Crippen LogP) is 2.79. The van der Waals surface area contributed by atoms with Crippen molar-refractivity contribution in [2.45, 2.75) is 37.3 Å². The molecule has 2 N–H and O–H groups in total. The summed E-state index contributed by atoms with van der Waals surface area (Å²) in [7, 11) is 3.02. The van der Waals surface area contributed by atoms with E-state index in [1.807, 2.05) is 23.0 Å². The zero-order valence-corrected chi connectivity index (χ0v) is 14.8. The Labute approximate surface area is 143 Å². The van der Waals surface area contributed by atoms with Gasteiger partial charge in [0, 0.05) is 17.6 Å². The van der Waals surface area contributed by atoms with Crippen molar-refractivity contribution in [3.63, 3.8) is 0 Å². The summed E-state index contributed by atoms with van der Waals surface area (Å²) in [4.78, 5) is 11.8. The number of carbonyl (C=O) groups excluding carboxylic acids is 1. The van der Waals surface area contributed by atoms with Crippen LogP contribution in [0.25, 0.3) is 10.9 Å². The normalized spacial score (nSPS) is 24.6. The molecule has 7 heteroatoms. The molecule has 0 radical (unpaired) electrons. The third kappa shape index (κ3) is 2.95. The van der Waals surface area contributed by atoms with E-state index in [9.17, 15) is 4.79 Å². The molecule has 1 fully saturated rings. The summed E-state index contributed by atoms with van der Waals surface area (Å²) in [5.74, 6) is 0.438. The van der Waals surface area contributed by atoms with Gasteiger partial charge in [0.15, 0.2) is 0 Å². The lowest BCUT2D eigenvalue weighted by atomic mass is 9.80. The van der Waals surface area contributed by atoms with Crippen molar-refractivity contribution in [2.24, 2.45) is 5.73 Å². The highest BCUT2D eigenvalue weighted by Crippen LogP contribution is 2.36. The molecule has 1 aromatic carbocycles. The van der Waals surface area contributed by atoms with E-state index >= 15 is 0 Å². The molecule has 0 bridgehead atoms. The van der Waals surface area contributed by atoms with Crippen molar-refractivity contribution < 1.29 is 14.3 Å². The fraction of sp³-hybridized carbons (Fsp3) is 0.500. The first-order chi connectivity index (χ1) is 11.0. The average molecular weight is 382 g/mol. The third-order valence-electron chi connectivity index (χ3n) is 4.61. The smallest absolute Gasteiger partial charge is 0.325 e. The molecule has 1 aromatic heterocycles. The van der Waals surface area contributed by atoms with Crippen molar-refractivity contribution in [2.75, 3.05) is 14.2 Å². The highest BCUT2D eigenvalue weighted by Gasteiger charge is 2.39. The number of fused-ring (bicyclic) bond motifs is 1. The summed E-state index contributed by atoms with van der Waals surface area (Å²) in [5.41, 5.74) is 6.19. The SMILES string of the molecule is COC(=O)C1(N)CCC(n2cc3cc(Br)c(OC)cc3n2)CC1. The summed E-state index contributed by atoms with van der Waals surface area (Å²) in [6.07, 6.45) is 4.85. The fourth-order valence-electron chi connectivity index (χ4n) is 3.18. The summed E-state index contributed by atoms with van der Waals surface area (Å²) in [6, 6.07) is 4.16. The van der Waals surface area contributed by atoms with Gasteiger partial charge in [0.05, 0.1) is 30.3 Å². The van der Waals surface area contributed by atoms with Gasteiger partial charge in [-0.2, -0.15) is 5.10 Å². The first-order valence-electron chi connectivity index (χ1n) is 7.56. The topological polar surface area (TPSA) is 79.4 Å². The van der Waals surface area contributed by atoms with Crippen LogP contribution in [0.4, 0.5) is 0 Å². The van der Waals surface area contributed by atoms with Crippen molar-refractivity contribution in [3.8, 4) is 5.75 Å².